The molecule has 0 aromatic rings. The molecule has 0 radical (unpaired) electrons. The molecule has 1 spiro atoms. The Labute approximate surface area is 67.6 Å². The van der Waals surface area contributed by atoms with Gasteiger partial charge in [-0.15, -0.1) is 0 Å². The topological polar surface area (TPSA) is 29.5 Å². The molecule has 2 rings (SSSR count). The van der Waals surface area contributed by atoms with Gasteiger partial charge in [-0.3, -0.25) is 0 Å². The first-order valence-electron chi connectivity index (χ1n) is 4.63. The minimum absolute atomic E-state index is 0.278. The van der Waals surface area contributed by atoms with Crippen LogP contribution in [0.1, 0.15) is 38.5 Å². The van der Waals surface area contributed by atoms with Crippen molar-refractivity contribution in [3.63, 3.8) is 0 Å². The summed E-state index contributed by atoms with van der Waals surface area (Å²) in [6.07, 6.45) is 7.45. The van der Waals surface area contributed by atoms with Gasteiger partial charge < -0.3 is 9.84 Å². The van der Waals surface area contributed by atoms with Crippen LogP contribution in [0.4, 0.5) is 0 Å². The normalized spacial score (nSPS) is 34.1. The summed E-state index contributed by atoms with van der Waals surface area (Å²) in [4.78, 5) is 0. The van der Waals surface area contributed by atoms with E-state index in [1.54, 1.807) is 0 Å². The molecule has 1 saturated heterocycles. The fraction of sp³-hybridized carbons (Fsp3) is 1.00. The first-order valence-corrected chi connectivity index (χ1v) is 4.63. The van der Waals surface area contributed by atoms with Crippen LogP contribution in [0.25, 0.3) is 0 Å². The first-order chi connectivity index (χ1) is 5.35. The molecule has 0 aromatic heterocycles. The van der Waals surface area contributed by atoms with Crippen molar-refractivity contribution in [3.8, 4) is 0 Å². The molecular formula is C9H16O2. The van der Waals surface area contributed by atoms with Crippen molar-refractivity contribution in [1.29, 1.82) is 0 Å². The van der Waals surface area contributed by atoms with Crippen molar-refractivity contribution in [1.82, 2.24) is 0 Å². The third-order valence-electron chi connectivity index (χ3n) is 3.05. The number of hydrogen-bond acceptors (Lipinski definition) is 2. The maximum absolute atomic E-state index is 8.71. The third-order valence-corrected chi connectivity index (χ3v) is 3.05. The summed E-state index contributed by atoms with van der Waals surface area (Å²) in [5, 5.41) is 8.71. The molecule has 2 aliphatic rings. The fourth-order valence-corrected chi connectivity index (χ4v) is 2.18. The molecule has 2 fully saturated rings. The Hall–Kier alpha value is -0.0800. The molecular weight excluding hydrogens is 140 g/mol. The second kappa shape index (κ2) is 2.76. The Kier molecular flexibility index (Phi) is 1.90. The zero-order chi connectivity index (χ0) is 7.73. The maximum atomic E-state index is 8.71. The molecule has 1 heterocycles. The van der Waals surface area contributed by atoms with E-state index in [2.05, 4.69) is 0 Å². The SMILES string of the molecule is OCCC1CCC2(CCC2)O1. The van der Waals surface area contributed by atoms with Crippen molar-refractivity contribution in [2.24, 2.45) is 0 Å². The fourth-order valence-electron chi connectivity index (χ4n) is 2.18. The minimum Gasteiger partial charge on any atom is -0.396 e. The Balaban J connectivity index is 1.83. The molecule has 64 valence electrons. The molecule has 1 unspecified atom stereocenters. The van der Waals surface area contributed by atoms with Crippen LogP contribution in [0.5, 0.6) is 0 Å². The van der Waals surface area contributed by atoms with Gasteiger partial charge in [0, 0.05) is 6.61 Å². The lowest BCUT2D eigenvalue weighted by Gasteiger charge is -2.37. The Morgan fingerprint density at radius 3 is 2.64 bits per heavy atom. The van der Waals surface area contributed by atoms with Crippen LogP contribution in [0.3, 0.4) is 0 Å². The number of hydrogen-bond donors (Lipinski definition) is 1. The van der Waals surface area contributed by atoms with E-state index in [1.165, 1.54) is 32.1 Å². The third kappa shape index (κ3) is 1.30. The Morgan fingerprint density at radius 1 is 1.36 bits per heavy atom. The summed E-state index contributed by atoms with van der Waals surface area (Å²) in [5.41, 5.74) is 0.278. The number of rotatable bonds is 2. The van der Waals surface area contributed by atoms with E-state index in [1.807, 2.05) is 0 Å². The summed E-state index contributed by atoms with van der Waals surface area (Å²) in [6, 6.07) is 0. The van der Waals surface area contributed by atoms with Crippen LogP contribution >= 0.6 is 0 Å². The van der Waals surface area contributed by atoms with E-state index in [0.717, 1.165) is 6.42 Å². The predicted molar refractivity (Wildman–Crippen MR) is 42.4 cm³/mol. The van der Waals surface area contributed by atoms with Gasteiger partial charge in [0.2, 0.25) is 0 Å². The molecule has 0 amide bonds. The van der Waals surface area contributed by atoms with Crippen LogP contribution in [0, 0.1) is 0 Å². The minimum atomic E-state index is 0.278. The second-order valence-corrected chi connectivity index (χ2v) is 3.83. The van der Waals surface area contributed by atoms with Gasteiger partial charge in [0.25, 0.3) is 0 Å². The Bertz CT molecular complexity index is 140. The van der Waals surface area contributed by atoms with E-state index in [-0.39, 0.29) is 12.2 Å². The predicted octanol–water partition coefficient (Wildman–Crippen LogP) is 1.47. The summed E-state index contributed by atoms with van der Waals surface area (Å²) in [6.45, 7) is 0.279. The Morgan fingerprint density at radius 2 is 2.18 bits per heavy atom. The van der Waals surface area contributed by atoms with E-state index in [0.29, 0.717) is 6.10 Å². The van der Waals surface area contributed by atoms with Crippen LogP contribution in [0.15, 0.2) is 0 Å². The van der Waals surface area contributed by atoms with E-state index < -0.39 is 0 Å². The van der Waals surface area contributed by atoms with Gasteiger partial charge in [0.1, 0.15) is 0 Å². The molecule has 1 atom stereocenters. The largest absolute Gasteiger partial charge is 0.396 e. The van der Waals surface area contributed by atoms with Gasteiger partial charge >= 0.3 is 0 Å². The lowest BCUT2D eigenvalue weighted by Crippen LogP contribution is -2.36. The summed E-state index contributed by atoms with van der Waals surface area (Å²) < 4.78 is 5.87. The van der Waals surface area contributed by atoms with Crippen LogP contribution in [-0.2, 0) is 4.74 Å². The van der Waals surface area contributed by atoms with E-state index >= 15 is 0 Å². The van der Waals surface area contributed by atoms with Crippen molar-refractivity contribution in [2.75, 3.05) is 6.61 Å². The highest BCUT2D eigenvalue weighted by atomic mass is 16.5. The molecule has 1 aliphatic heterocycles. The zero-order valence-electron chi connectivity index (χ0n) is 6.88. The van der Waals surface area contributed by atoms with Gasteiger partial charge in [-0.1, -0.05) is 0 Å². The molecule has 2 nitrogen and oxygen atoms in total. The van der Waals surface area contributed by atoms with E-state index in [4.69, 9.17) is 9.84 Å². The van der Waals surface area contributed by atoms with Gasteiger partial charge in [-0.05, 0) is 38.5 Å². The van der Waals surface area contributed by atoms with Crippen LogP contribution in [0.2, 0.25) is 0 Å². The molecule has 0 aromatic carbocycles. The number of aliphatic hydroxyl groups is 1. The van der Waals surface area contributed by atoms with Crippen LogP contribution in [-0.4, -0.2) is 23.4 Å². The average Bonchev–Trinajstić information content (AvgIpc) is 2.32. The lowest BCUT2D eigenvalue weighted by molar-refractivity contribution is -0.0950. The van der Waals surface area contributed by atoms with Crippen LogP contribution < -0.4 is 0 Å². The number of ether oxygens (including phenoxy) is 1. The first kappa shape index (κ1) is 7.56. The van der Waals surface area contributed by atoms with Crippen molar-refractivity contribution in [3.05, 3.63) is 0 Å². The molecule has 11 heavy (non-hydrogen) atoms. The average molecular weight is 156 g/mol. The van der Waals surface area contributed by atoms with Crippen molar-refractivity contribution < 1.29 is 9.84 Å². The maximum Gasteiger partial charge on any atom is 0.0687 e. The highest BCUT2D eigenvalue weighted by Crippen LogP contribution is 2.46. The van der Waals surface area contributed by atoms with Gasteiger partial charge in [-0.25, -0.2) is 0 Å². The van der Waals surface area contributed by atoms with Crippen molar-refractivity contribution >= 4 is 0 Å². The van der Waals surface area contributed by atoms with Gasteiger partial charge in [0.05, 0.1) is 11.7 Å². The van der Waals surface area contributed by atoms with E-state index in [9.17, 15) is 0 Å². The van der Waals surface area contributed by atoms with Gasteiger partial charge in [0.15, 0.2) is 0 Å². The molecule has 1 aliphatic carbocycles. The standard InChI is InChI=1S/C9H16O2/c10-7-3-8-2-6-9(11-8)4-1-5-9/h8,10H,1-7H2. The zero-order valence-corrected chi connectivity index (χ0v) is 6.88. The smallest absolute Gasteiger partial charge is 0.0687 e. The molecule has 1 saturated carbocycles. The summed E-state index contributed by atoms with van der Waals surface area (Å²) in [5.74, 6) is 0. The highest BCUT2D eigenvalue weighted by molar-refractivity contribution is 4.95. The van der Waals surface area contributed by atoms with Crippen molar-refractivity contribution in [2.45, 2.75) is 50.2 Å². The van der Waals surface area contributed by atoms with Gasteiger partial charge in [-0.2, -0.15) is 0 Å². The number of aliphatic hydroxyl groups excluding tert-OH is 1. The molecule has 0 bridgehead atoms. The summed E-state index contributed by atoms with van der Waals surface area (Å²) >= 11 is 0. The quantitative estimate of drug-likeness (QED) is 0.656. The highest BCUT2D eigenvalue weighted by Gasteiger charge is 2.44. The monoisotopic (exact) mass is 156 g/mol. The molecule has 1 N–H and O–H groups in total. The molecule has 2 heteroatoms. The lowest BCUT2D eigenvalue weighted by atomic mass is 9.78. The summed E-state index contributed by atoms with van der Waals surface area (Å²) in [7, 11) is 0. The second-order valence-electron chi connectivity index (χ2n) is 3.83.